The Morgan fingerprint density at radius 1 is 1.14 bits per heavy atom. The van der Waals surface area contributed by atoms with Crippen molar-refractivity contribution in [1.82, 2.24) is 0 Å². The van der Waals surface area contributed by atoms with E-state index in [-0.39, 0.29) is 30.3 Å². The van der Waals surface area contributed by atoms with Crippen LogP contribution in [0, 0.1) is 15.9 Å². The molecule has 2 aromatic carbocycles. The number of carbonyl (C=O) groups excluding carboxylic acids is 1. The molecule has 0 aromatic heterocycles. The van der Waals surface area contributed by atoms with E-state index in [1.165, 1.54) is 29.2 Å². The first-order chi connectivity index (χ1) is 13.9. The largest absolute Gasteiger partial charge is 0.447 e. The number of hydrogen-bond donors (Lipinski definition) is 0. The monoisotopic (exact) mass is 401 g/mol. The fraction of sp³-hybridized carbons (Fsp3) is 0.350. The van der Waals surface area contributed by atoms with Crippen LogP contribution in [0.4, 0.5) is 26.2 Å². The summed E-state index contributed by atoms with van der Waals surface area (Å²) in [4.78, 5) is 26.3. The molecule has 0 radical (unpaired) electrons. The first kappa shape index (κ1) is 19.1. The predicted octanol–water partition coefficient (Wildman–Crippen LogP) is 3.66. The minimum atomic E-state index is -0.525. The van der Waals surface area contributed by atoms with Gasteiger partial charge >= 0.3 is 6.09 Å². The molecule has 2 fully saturated rings. The lowest BCUT2D eigenvalue weighted by Crippen LogP contribution is -2.43. The van der Waals surface area contributed by atoms with Gasteiger partial charge in [-0.15, -0.1) is 0 Å². The van der Waals surface area contributed by atoms with Crippen LogP contribution >= 0.6 is 0 Å². The maximum Gasteiger partial charge on any atom is 0.414 e. The van der Waals surface area contributed by atoms with Gasteiger partial charge in [-0.3, -0.25) is 15.0 Å². The van der Waals surface area contributed by atoms with Gasteiger partial charge in [0.1, 0.15) is 18.5 Å². The Labute approximate surface area is 166 Å². The van der Waals surface area contributed by atoms with Gasteiger partial charge in [-0.2, -0.15) is 0 Å². The lowest BCUT2D eigenvalue weighted by molar-refractivity contribution is -0.384. The Balaban J connectivity index is 1.69. The highest BCUT2D eigenvalue weighted by atomic mass is 19.1. The third-order valence-corrected chi connectivity index (χ3v) is 5.06. The first-order valence-electron chi connectivity index (χ1n) is 9.31. The number of non-ortho nitro benzene ring substituents is 1. The van der Waals surface area contributed by atoms with E-state index in [1.54, 1.807) is 18.2 Å². The van der Waals surface area contributed by atoms with Crippen molar-refractivity contribution in [1.29, 1.82) is 0 Å². The van der Waals surface area contributed by atoms with E-state index < -0.39 is 11.0 Å². The van der Waals surface area contributed by atoms with Gasteiger partial charge in [-0.1, -0.05) is 12.1 Å². The lowest BCUT2D eigenvalue weighted by atomic mass is 10.1. The zero-order chi connectivity index (χ0) is 20.5. The summed E-state index contributed by atoms with van der Waals surface area (Å²) in [6, 6.07) is 10.6. The SMILES string of the molecule is CC1CN(c2ccc([N+](=O)[O-])cc2N2CCOC2=O)CC(c2ccc(F)cc2)O1. The van der Waals surface area contributed by atoms with Crippen LogP contribution in [0.5, 0.6) is 0 Å². The van der Waals surface area contributed by atoms with Crippen LogP contribution in [-0.4, -0.2) is 43.4 Å². The predicted molar refractivity (Wildman–Crippen MR) is 104 cm³/mol. The van der Waals surface area contributed by atoms with Crippen molar-refractivity contribution in [3.8, 4) is 0 Å². The molecule has 2 aliphatic heterocycles. The van der Waals surface area contributed by atoms with Crippen molar-refractivity contribution in [2.75, 3.05) is 36.0 Å². The number of amides is 1. The second-order valence-electron chi connectivity index (χ2n) is 7.09. The van der Waals surface area contributed by atoms with Gasteiger partial charge in [0.25, 0.3) is 5.69 Å². The molecule has 0 bridgehead atoms. The summed E-state index contributed by atoms with van der Waals surface area (Å²) in [6.45, 7) is 3.50. The standard InChI is InChI=1S/C20H20FN3O5/c1-13-11-22(12-19(29-13)14-2-4-15(21)5-3-14)17-7-6-16(24(26)27)10-18(17)23-8-9-28-20(23)25/h2-7,10,13,19H,8-9,11-12H2,1H3. The minimum absolute atomic E-state index is 0.0974. The van der Waals surface area contributed by atoms with Crippen molar-refractivity contribution < 1.29 is 23.6 Å². The van der Waals surface area contributed by atoms with Gasteiger partial charge in [0.15, 0.2) is 0 Å². The molecule has 2 unspecified atom stereocenters. The van der Waals surface area contributed by atoms with Gasteiger partial charge in [0, 0.05) is 25.2 Å². The van der Waals surface area contributed by atoms with Gasteiger partial charge in [-0.25, -0.2) is 9.18 Å². The second-order valence-corrected chi connectivity index (χ2v) is 7.09. The third kappa shape index (κ3) is 3.86. The number of nitro benzene ring substituents is 1. The topological polar surface area (TPSA) is 85.1 Å². The first-order valence-corrected chi connectivity index (χ1v) is 9.31. The van der Waals surface area contributed by atoms with Gasteiger partial charge < -0.3 is 14.4 Å². The summed E-state index contributed by atoms with van der Waals surface area (Å²) >= 11 is 0. The lowest BCUT2D eigenvalue weighted by Gasteiger charge is -2.39. The summed E-state index contributed by atoms with van der Waals surface area (Å²) in [5, 5.41) is 11.3. The molecule has 0 N–H and O–H groups in total. The molecule has 0 aliphatic carbocycles. The van der Waals surface area contributed by atoms with Gasteiger partial charge in [0.2, 0.25) is 0 Å². The summed E-state index contributed by atoms with van der Waals surface area (Å²) in [7, 11) is 0. The number of cyclic esters (lactones) is 1. The number of nitro groups is 1. The zero-order valence-electron chi connectivity index (χ0n) is 15.8. The quantitative estimate of drug-likeness (QED) is 0.574. The summed E-state index contributed by atoms with van der Waals surface area (Å²) in [6.07, 6.45) is -0.955. The molecule has 152 valence electrons. The molecule has 29 heavy (non-hydrogen) atoms. The second kappa shape index (κ2) is 7.67. The normalized spacial score (nSPS) is 21.9. The van der Waals surface area contributed by atoms with E-state index >= 15 is 0 Å². The molecule has 0 spiro atoms. The van der Waals surface area contributed by atoms with Crippen LogP contribution in [0.2, 0.25) is 0 Å². The number of ether oxygens (including phenoxy) is 2. The molecule has 1 amide bonds. The molecule has 4 rings (SSSR count). The van der Waals surface area contributed by atoms with Gasteiger partial charge in [-0.05, 0) is 30.7 Å². The van der Waals surface area contributed by atoms with Crippen LogP contribution in [-0.2, 0) is 9.47 Å². The molecular formula is C20H20FN3O5. The number of morpholine rings is 1. The van der Waals surface area contributed by atoms with E-state index in [1.807, 2.05) is 11.8 Å². The Morgan fingerprint density at radius 3 is 2.55 bits per heavy atom. The van der Waals surface area contributed by atoms with Crippen molar-refractivity contribution in [3.63, 3.8) is 0 Å². The molecule has 2 heterocycles. The van der Waals surface area contributed by atoms with E-state index in [0.717, 1.165) is 5.56 Å². The Kier molecular flexibility index (Phi) is 5.06. The van der Waals surface area contributed by atoms with Crippen molar-refractivity contribution >= 4 is 23.2 Å². The average molecular weight is 401 g/mol. The molecule has 9 heteroatoms. The number of halogens is 1. The Bertz CT molecular complexity index is 936. The maximum atomic E-state index is 13.3. The molecule has 0 saturated carbocycles. The van der Waals surface area contributed by atoms with Crippen molar-refractivity contribution in [2.24, 2.45) is 0 Å². The fourth-order valence-corrected chi connectivity index (χ4v) is 3.73. The number of nitrogens with zero attached hydrogens (tertiary/aromatic N) is 3. The van der Waals surface area contributed by atoms with Crippen LogP contribution in [0.15, 0.2) is 42.5 Å². The van der Waals surface area contributed by atoms with Crippen LogP contribution in [0.3, 0.4) is 0 Å². The van der Waals surface area contributed by atoms with E-state index in [0.29, 0.717) is 31.0 Å². The van der Waals surface area contributed by atoms with Crippen LogP contribution in [0.1, 0.15) is 18.6 Å². The number of hydrogen-bond acceptors (Lipinski definition) is 6. The number of anilines is 2. The van der Waals surface area contributed by atoms with Gasteiger partial charge in [0.05, 0.1) is 28.9 Å². The number of rotatable bonds is 4. The summed E-state index contributed by atoms with van der Waals surface area (Å²) in [5.41, 5.74) is 1.87. The number of benzene rings is 2. The summed E-state index contributed by atoms with van der Waals surface area (Å²) < 4.78 is 24.3. The highest BCUT2D eigenvalue weighted by Crippen LogP contribution is 2.38. The highest BCUT2D eigenvalue weighted by Gasteiger charge is 2.33. The summed E-state index contributed by atoms with van der Waals surface area (Å²) in [5.74, 6) is -0.320. The number of carbonyl (C=O) groups is 1. The smallest absolute Gasteiger partial charge is 0.414 e. The Hall–Kier alpha value is -3.20. The molecule has 8 nitrogen and oxygen atoms in total. The molecule has 2 aromatic rings. The maximum absolute atomic E-state index is 13.3. The zero-order valence-corrected chi connectivity index (χ0v) is 15.8. The fourth-order valence-electron chi connectivity index (χ4n) is 3.73. The average Bonchev–Trinajstić information content (AvgIpc) is 3.13. The Morgan fingerprint density at radius 2 is 1.90 bits per heavy atom. The van der Waals surface area contributed by atoms with Crippen molar-refractivity contribution in [2.45, 2.75) is 19.1 Å². The third-order valence-electron chi connectivity index (χ3n) is 5.06. The van der Waals surface area contributed by atoms with E-state index in [4.69, 9.17) is 9.47 Å². The molecule has 2 saturated heterocycles. The molecule has 2 aliphatic rings. The van der Waals surface area contributed by atoms with E-state index in [9.17, 15) is 19.3 Å². The van der Waals surface area contributed by atoms with Crippen molar-refractivity contribution in [3.05, 3.63) is 64.0 Å². The molecular weight excluding hydrogens is 381 g/mol. The minimum Gasteiger partial charge on any atom is -0.447 e. The van der Waals surface area contributed by atoms with E-state index in [2.05, 4.69) is 0 Å². The van der Waals surface area contributed by atoms with Crippen LogP contribution in [0.25, 0.3) is 0 Å². The van der Waals surface area contributed by atoms with Crippen LogP contribution < -0.4 is 9.80 Å². The highest BCUT2D eigenvalue weighted by molar-refractivity contribution is 5.94. The molecule has 2 atom stereocenters.